The van der Waals surface area contributed by atoms with Crippen molar-refractivity contribution in [1.82, 2.24) is 15.0 Å². The predicted octanol–water partition coefficient (Wildman–Crippen LogP) is 2.48. The van der Waals surface area contributed by atoms with E-state index < -0.39 is 0 Å². The molecule has 0 aliphatic carbocycles. The molecule has 110 valence electrons. The maximum Gasteiger partial charge on any atom is 0.316 e. The number of ether oxygens (including phenoxy) is 1. The number of aromatic nitrogens is 3. The van der Waals surface area contributed by atoms with Crippen LogP contribution in [-0.2, 0) is 6.42 Å². The van der Waals surface area contributed by atoms with Crippen LogP contribution in [0, 0.1) is 0 Å². The molecule has 0 aromatic carbocycles. The molecule has 21 heavy (non-hydrogen) atoms. The number of nitrogens with zero attached hydrogens (tertiary/aromatic N) is 4. The quantitative estimate of drug-likeness (QED) is 0.863. The molecular weight excluding hydrogens is 264 g/mol. The molecule has 0 unspecified atom stereocenters. The van der Waals surface area contributed by atoms with Gasteiger partial charge < -0.3 is 9.64 Å². The zero-order valence-corrected chi connectivity index (χ0v) is 12.3. The Balaban J connectivity index is 1.53. The molecule has 0 amide bonds. The lowest BCUT2D eigenvalue weighted by Crippen LogP contribution is -2.38. The number of hydrogen-bond donors (Lipinski definition) is 0. The maximum absolute atomic E-state index is 5.88. The summed E-state index contributed by atoms with van der Waals surface area (Å²) in [7, 11) is 0. The fourth-order valence-corrected chi connectivity index (χ4v) is 2.52. The third kappa shape index (κ3) is 3.48. The SMILES string of the molecule is CCc1cnc(OC2CCN(c3ccncc3)CC2)nc1. The lowest BCUT2D eigenvalue weighted by Gasteiger charge is -2.33. The number of pyridine rings is 1. The maximum atomic E-state index is 5.88. The Morgan fingerprint density at radius 1 is 1.14 bits per heavy atom. The second-order valence-electron chi connectivity index (χ2n) is 5.24. The topological polar surface area (TPSA) is 51.1 Å². The van der Waals surface area contributed by atoms with Gasteiger partial charge in [-0.25, -0.2) is 9.97 Å². The second kappa shape index (κ2) is 6.52. The Morgan fingerprint density at radius 2 is 1.81 bits per heavy atom. The summed E-state index contributed by atoms with van der Waals surface area (Å²) in [6.07, 6.45) is 10.5. The van der Waals surface area contributed by atoms with Crippen molar-refractivity contribution in [1.29, 1.82) is 0 Å². The summed E-state index contributed by atoms with van der Waals surface area (Å²) in [4.78, 5) is 15.0. The van der Waals surface area contributed by atoms with Gasteiger partial charge in [-0.1, -0.05) is 6.92 Å². The number of hydrogen-bond acceptors (Lipinski definition) is 5. The summed E-state index contributed by atoms with van der Waals surface area (Å²) in [6, 6.07) is 4.59. The Hall–Kier alpha value is -2.17. The van der Waals surface area contributed by atoms with E-state index in [-0.39, 0.29) is 6.10 Å². The molecule has 2 aromatic rings. The average molecular weight is 284 g/mol. The highest BCUT2D eigenvalue weighted by molar-refractivity contribution is 5.44. The van der Waals surface area contributed by atoms with Gasteiger partial charge in [0.05, 0.1) is 0 Å². The number of rotatable bonds is 4. The normalized spacial score (nSPS) is 16.0. The van der Waals surface area contributed by atoms with E-state index in [1.165, 1.54) is 5.69 Å². The van der Waals surface area contributed by atoms with E-state index in [1.807, 2.05) is 36.9 Å². The van der Waals surface area contributed by atoms with Gasteiger partial charge in [0.25, 0.3) is 0 Å². The van der Waals surface area contributed by atoms with Gasteiger partial charge in [-0.15, -0.1) is 0 Å². The van der Waals surface area contributed by atoms with Crippen LogP contribution in [0.2, 0.25) is 0 Å². The zero-order chi connectivity index (χ0) is 14.5. The fraction of sp³-hybridized carbons (Fsp3) is 0.438. The van der Waals surface area contributed by atoms with Gasteiger partial charge in [-0.05, 0) is 24.1 Å². The molecule has 0 spiro atoms. The van der Waals surface area contributed by atoms with Crippen LogP contribution in [0.3, 0.4) is 0 Å². The highest BCUT2D eigenvalue weighted by Gasteiger charge is 2.21. The molecule has 3 heterocycles. The van der Waals surface area contributed by atoms with E-state index in [2.05, 4.69) is 26.8 Å². The highest BCUT2D eigenvalue weighted by Crippen LogP contribution is 2.21. The third-order valence-corrected chi connectivity index (χ3v) is 3.83. The summed E-state index contributed by atoms with van der Waals surface area (Å²) in [6.45, 7) is 4.07. The van der Waals surface area contributed by atoms with Gasteiger partial charge in [0.1, 0.15) is 6.10 Å². The van der Waals surface area contributed by atoms with Crippen molar-refractivity contribution >= 4 is 5.69 Å². The van der Waals surface area contributed by atoms with Crippen LogP contribution in [0.5, 0.6) is 6.01 Å². The summed E-state index contributed by atoms with van der Waals surface area (Å²) in [5, 5.41) is 0. The van der Waals surface area contributed by atoms with Gasteiger partial charge in [0.15, 0.2) is 0 Å². The van der Waals surface area contributed by atoms with Crippen molar-refractivity contribution < 1.29 is 4.74 Å². The van der Waals surface area contributed by atoms with Crippen molar-refractivity contribution in [2.45, 2.75) is 32.3 Å². The standard InChI is InChI=1S/C16H20N4O/c1-2-13-11-18-16(19-12-13)21-15-5-9-20(10-6-15)14-3-7-17-8-4-14/h3-4,7-8,11-12,15H,2,5-6,9-10H2,1H3. The molecule has 1 saturated heterocycles. The molecule has 5 nitrogen and oxygen atoms in total. The minimum Gasteiger partial charge on any atom is -0.460 e. The molecule has 0 atom stereocenters. The Bertz CT molecular complexity index is 550. The molecule has 5 heteroatoms. The molecule has 2 aromatic heterocycles. The van der Waals surface area contributed by atoms with E-state index in [1.54, 1.807) is 0 Å². The molecule has 0 N–H and O–H groups in total. The molecule has 3 rings (SSSR count). The van der Waals surface area contributed by atoms with Gasteiger partial charge in [0.2, 0.25) is 0 Å². The molecular formula is C16H20N4O. The van der Waals surface area contributed by atoms with E-state index >= 15 is 0 Å². The first-order valence-corrected chi connectivity index (χ1v) is 7.47. The van der Waals surface area contributed by atoms with Crippen molar-refractivity contribution in [3.8, 4) is 6.01 Å². The molecule has 0 bridgehead atoms. The van der Waals surface area contributed by atoms with Crippen LogP contribution in [0.15, 0.2) is 36.9 Å². The molecule has 1 aliphatic heterocycles. The highest BCUT2D eigenvalue weighted by atomic mass is 16.5. The number of anilines is 1. The summed E-state index contributed by atoms with van der Waals surface area (Å²) in [5.41, 5.74) is 2.36. The Kier molecular flexibility index (Phi) is 4.28. The van der Waals surface area contributed by atoms with E-state index in [0.717, 1.165) is 37.9 Å². The minimum absolute atomic E-state index is 0.204. The van der Waals surface area contributed by atoms with Crippen molar-refractivity contribution in [2.75, 3.05) is 18.0 Å². The van der Waals surface area contributed by atoms with E-state index in [4.69, 9.17) is 4.74 Å². The van der Waals surface area contributed by atoms with Crippen LogP contribution in [0.1, 0.15) is 25.3 Å². The van der Waals surface area contributed by atoms with Crippen molar-refractivity contribution in [3.05, 3.63) is 42.5 Å². The number of piperidine rings is 1. The Morgan fingerprint density at radius 3 is 2.43 bits per heavy atom. The molecule has 0 saturated carbocycles. The van der Waals surface area contributed by atoms with Crippen molar-refractivity contribution in [2.24, 2.45) is 0 Å². The first-order chi connectivity index (χ1) is 10.3. The van der Waals surface area contributed by atoms with Crippen LogP contribution in [0.4, 0.5) is 5.69 Å². The zero-order valence-electron chi connectivity index (χ0n) is 12.3. The molecule has 1 fully saturated rings. The van der Waals surface area contributed by atoms with Crippen LogP contribution >= 0.6 is 0 Å². The van der Waals surface area contributed by atoms with E-state index in [9.17, 15) is 0 Å². The van der Waals surface area contributed by atoms with Crippen molar-refractivity contribution in [3.63, 3.8) is 0 Å². The van der Waals surface area contributed by atoms with Crippen LogP contribution < -0.4 is 9.64 Å². The summed E-state index contributed by atoms with van der Waals surface area (Å²) < 4.78 is 5.88. The third-order valence-electron chi connectivity index (χ3n) is 3.83. The molecule has 1 aliphatic rings. The average Bonchev–Trinajstić information content (AvgIpc) is 2.57. The van der Waals surface area contributed by atoms with Gasteiger partial charge >= 0.3 is 6.01 Å². The fourth-order valence-electron chi connectivity index (χ4n) is 2.52. The van der Waals surface area contributed by atoms with Gasteiger partial charge in [-0.2, -0.15) is 0 Å². The number of aryl methyl sites for hydroxylation is 1. The van der Waals surface area contributed by atoms with Crippen LogP contribution in [-0.4, -0.2) is 34.1 Å². The second-order valence-corrected chi connectivity index (χ2v) is 5.24. The lowest BCUT2D eigenvalue weighted by atomic mass is 10.1. The predicted molar refractivity (Wildman–Crippen MR) is 81.5 cm³/mol. The largest absolute Gasteiger partial charge is 0.460 e. The van der Waals surface area contributed by atoms with Gasteiger partial charge in [-0.3, -0.25) is 4.98 Å². The smallest absolute Gasteiger partial charge is 0.316 e. The first-order valence-electron chi connectivity index (χ1n) is 7.47. The summed E-state index contributed by atoms with van der Waals surface area (Å²) >= 11 is 0. The summed E-state index contributed by atoms with van der Waals surface area (Å²) in [5.74, 6) is 0. The lowest BCUT2D eigenvalue weighted by molar-refractivity contribution is 0.156. The van der Waals surface area contributed by atoms with Gasteiger partial charge in [0, 0.05) is 56.4 Å². The molecule has 0 radical (unpaired) electrons. The van der Waals surface area contributed by atoms with E-state index in [0.29, 0.717) is 6.01 Å². The monoisotopic (exact) mass is 284 g/mol. The van der Waals surface area contributed by atoms with Crippen LogP contribution in [0.25, 0.3) is 0 Å². The Labute approximate surface area is 125 Å². The first kappa shape index (κ1) is 13.8. The minimum atomic E-state index is 0.204.